The minimum Gasteiger partial charge on any atom is -0.451 e. The van der Waals surface area contributed by atoms with E-state index in [-0.39, 0.29) is 16.2 Å². The zero-order valence-corrected chi connectivity index (χ0v) is 17.2. The smallest absolute Gasteiger partial charge is 0.338 e. The van der Waals surface area contributed by atoms with Gasteiger partial charge in [0.15, 0.2) is 6.10 Å². The van der Waals surface area contributed by atoms with Crippen LogP contribution in [0.1, 0.15) is 38.8 Å². The topological polar surface area (TPSA) is 90.0 Å². The van der Waals surface area contributed by atoms with Crippen molar-refractivity contribution >= 4 is 21.8 Å². The summed E-state index contributed by atoms with van der Waals surface area (Å²) in [4.78, 5) is 29.7. The maximum atomic E-state index is 12.6. The Morgan fingerprint density at radius 3 is 2.39 bits per heavy atom. The molecule has 0 amide bonds. The zero-order valence-electron chi connectivity index (χ0n) is 16.4. The van der Waals surface area contributed by atoms with E-state index in [0.29, 0.717) is 10.0 Å². The predicted octanol–water partition coefficient (Wildman–Crippen LogP) is 2.91. The third-order valence-corrected chi connectivity index (χ3v) is 5.95. The van der Waals surface area contributed by atoms with Crippen LogP contribution in [-0.2, 0) is 19.6 Å². The Morgan fingerprint density at radius 2 is 1.75 bits per heavy atom. The number of sulfonamides is 1. The summed E-state index contributed by atoms with van der Waals surface area (Å²) in [5.74, 6) is -1.11. The molecule has 8 heteroatoms. The normalized spacial score (nSPS) is 12.6. The molecular formula is C20H23NO6S. The lowest BCUT2D eigenvalue weighted by atomic mass is 9.99. The molecule has 0 aromatic heterocycles. The number of ether oxygens (including phenoxy) is 1. The summed E-state index contributed by atoms with van der Waals surface area (Å²) in [6.07, 6.45) is -1.02. The molecule has 0 aliphatic heterocycles. The van der Waals surface area contributed by atoms with E-state index in [1.807, 2.05) is 26.0 Å². The molecule has 28 heavy (non-hydrogen) atoms. The number of hydroxylamine groups is 1. The molecule has 2 rings (SSSR count). The number of hydrogen-bond acceptors (Lipinski definition) is 6. The van der Waals surface area contributed by atoms with Gasteiger partial charge in [-0.15, -0.1) is 0 Å². The molecular weight excluding hydrogens is 382 g/mol. The first kappa shape index (κ1) is 21.7. The van der Waals surface area contributed by atoms with E-state index in [2.05, 4.69) is 0 Å². The number of Topliss-reactive ketones (excluding diaryl/α,β-unsaturated/α-hetero) is 1. The van der Waals surface area contributed by atoms with Crippen molar-refractivity contribution in [2.24, 2.45) is 0 Å². The molecule has 0 aliphatic rings. The van der Waals surface area contributed by atoms with E-state index in [1.54, 1.807) is 6.07 Å². The van der Waals surface area contributed by atoms with Gasteiger partial charge in [0, 0.05) is 12.6 Å². The molecule has 0 N–H and O–H groups in total. The van der Waals surface area contributed by atoms with Gasteiger partial charge in [0.1, 0.15) is 0 Å². The summed E-state index contributed by atoms with van der Waals surface area (Å²) in [6.45, 7) is 5.17. The van der Waals surface area contributed by atoms with Crippen molar-refractivity contribution < 1.29 is 27.6 Å². The Balaban J connectivity index is 2.22. The monoisotopic (exact) mass is 405 g/mol. The Hall–Kier alpha value is -2.55. The van der Waals surface area contributed by atoms with Crippen LogP contribution in [0.4, 0.5) is 0 Å². The van der Waals surface area contributed by atoms with E-state index >= 15 is 0 Å². The van der Waals surface area contributed by atoms with Gasteiger partial charge in [-0.25, -0.2) is 13.2 Å². The molecule has 0 radical (unpaired) electrons. The average molecular weight is 405 g/mol. The van der Waals surface area contributed by atoms with Gasteiger partial charge in [0.2, 0.25) is 5.78 Å². The standard InChI is InChI=1S/C20H23NO6S/c1-13-9-10-14(2)18(11-13)19(22)15(3)27-20(23)16-7-6-8-17(12-16)28(24,25)21(4)26-5/h6-12,15H,1-5H3/t15-/m0/s1. The van der Waals surface area contributed by atoms with Crippen molar-refractivity contribution in [2.45, 2.75) is 31.8 Å². The third-order valence-electron chi connectivity index (χ3n) is 4.27. The minimum atomic E-state index is -3.91. The number of ketones is 1. The molecule has 150 valence electrons. The van der Waals surface area contributed by atoms with Gasteiger partial charge in [0.25, 0.3) is 10.0 Å². The summed E-state index contributed by atoms with van der Waals surface area (Å²) >= 11 is 0. The lowest BCUT2D eigenvalue weighted by molar-refractivity contribution is -0.0258. The summed E-state index contributed by atoms with van der Waals surface area (Å²) < 4.78 is 30.6. The largest absolute Gasteiger partial charge is 0.451 e. The van der Waals surface area contributed by atoms with E-state index in [4.69, 9.17) is 9.57 Å². The Labute approximate surface area is 164 Å². The number of aryl methyl sites for hydroxylation is 2. The minimum absolute atomic E-state index is 0.0196. The number of hydrogen-bond donors (Lipinski definition) is 0. The van der Waals surface area contributed by atoms with E-state index < -0.39 is 22.1 Å². The molecule has 0 spiro atoms. The van der Waals surface area contributed by atoms with E-state index in [1.165, 1.54) is 45.3 Å². The number of benzene rings is 2. The van der Waals surface area contributed by atoms with Gasteiger partial charge in [-0.05, 0) is 50.6 Å². The van der Waals surface area contributed by atoms with Crippen molar-refractivity contribution in [3.05, 3.63) is 64.7 Å². The molecule has 0 unspecified atom stereocenters. The number of carbonyl (C=O) groups excluding carboxylic acids is 2. The highest BCUT2D eigenvalue weighted by Gasteiger charge is 2.25. The third kappa shape index (κ3) is 4.64. The van der Waals surface area contributed by atoms with Gasteiger partial charge < -0.3 is 4.74 Å². The lowest BCUT2D eigenvalue weighted by Crippen LogP contribution is -2.27. The Kier molecular flexibility index (Phi) is 6.71. The molecule has 0 fully saturated rings. The summed E-state index contributed by atoms with van der Waals surface area (Å²) in [5, 5.41) is 0. The van der Waals surface area contributed by atoms with E-state index in [9.17, 15) is 18.0 Å². The van der Waals surface area contributed by atoms with Crippen LogP contribution in [0.5, 0.6) is 0 Å². The van der Waals surface area contributed by atoms with Gasteiger partial charge in [-0.2, -0.15) is 0 Å². The Morgan fingerprint density at radius 1 is 1.07 bits per heavy atom. The van der Waals surface area contributed by atoms with Gasteiger partial charge in [-0.1, -0.05) is 28.2 Å². The quantitative estimate of drug-likeness (QED) is 0.400. The fourth-order valence-electron chi connectivity index (χ4n) is 2.53. The Bertz CT molecular complexity index is 1000. The summed E-state index contributed by atoms with van der Waals surface area (Å²) in [5.41, 5.74) is 2.21. The maximum absolute atomic E-state index is 12.6. The zero-order chi connectivity index (χ0) is 21.1. The predicted molar refractivity (Wildman–Crippen MR) is 104 cm³/mol. The molecule has 2 aromatic rings. The number of carbonyl (C=O) groups is 2. The van der Waals surface area contributed by atoms with Crippen LogP contribution in [0.25, 0.3) is 0 Å². The molecule has 1 atom stereocenters. The average Bonchev–Trinajstić information content (AvgIpc) is 2.68. The number of esters is 1. The van der Waals surface area contributed by atoms with Crippen LogP contribution < -0.4 is 0 Å². The van der Waals surface area contributed by atoms with Crippen LogP contribution in [-0.4, -0.2) is 44.9 Å². The molecule has 0 saturated heterocycles. The van der Waals surface area contributed by atoms with E-state index in [0.717, 1.165) is 11.1 Å². The lowest BCUT2D eigenvalue weighted by Gasteiger charge is -2.16. The second-order valence-corrected chi connectivity index (χ2v) is 8.29. The molecule has 0 aliphatic carbocycles. The highest BCUT2D eigenvalue weighted by atomic mass is 32.2. The maximum Gasteiger partial charge on any atom is 0.338 e. The molecule has 0 bridgehead atoms. The van der Waals surface area contributed by atoms with Crippen LogP contribution in [0.2, 0.25) is 0 Å². The highest BCUT2D eigenvalue weighted by molar-refractivity contribution is 7.89. The van der Waals surface area contributed by atoms with Crippen LogP contribution in [0.15, 0.2) is 47.4 Å². The molecule has 0 saturated carbocycles. The molecule has 0 heterocycles. The molecule has 7 nitrogen and oxygen atoms in total. The van der Waals surface area contributed by atoms with Crippen LogP contribution in [0, 0.1) is 13.8 Å². The first-order chi connectivity index (χ1) is 13.1. The first-order valence-corrected chi connectivity index (χ1v) is 9.97. The van der Waals surface area contributed by atoms with Crippen molar-refractivity contribution in [1.82, 2.24) is 4.47 Å². The summed E-state index contributed by atoms with van der Waals surface area (Å²) in [6, 6.07) is 10.8. The number of rotatable bonds is 7. The summed E-state index contributed by atoms with van der Waals surface area (Å²) in [7, 11) is -1.45. The number of nitrogens with zero attached hydrogens (tertiary/aromatic N) is 1. The van der Waals surface area contributed by atoms with Crippen molar-refractivity contribution in [3.8, 4) is 0 Å². The molecule has 2 aromatic carbocycles. The van der Waals surface area contributed by atoms with Crippen molar-refractivity contribution in [3.63, 3.8) is 0 Å². The van der Waals surface area contributed by atoms with Gasteiger partial charge >= 0.3 is 5.97 Å². The fraction of sp³-hybridized carbons (Fsp3) is 0.300. The van der Waals surface area contributed by atoms with Gasteiger partial charge in [-0.3, -0.25) is 9.63 Å². The SMILES string of the molecule is CON(C)S(=O)(=O)c1cccc(C(=O)O[C@@H](C)C(=O)c2cc(C)ccc2C)c1. The second kappa shape index (κ2) is 8.64. The highest BCUT2D eigenvalue weighted by Crippen LogP contribution is 2.18. The van der Waals surface area contributed by atoms with Crippen LogP contribution >= 0.6 is 0 Å². The first-order valence-electron chi connectivity index (χ1n) is 8.53. The van der Waals surface area contributed by atoms with Gasteiger partial charge in [0.05, 0.1) is 17.6 Å². The fourth-order valence-corrected chi connectivity index (χ4v) is 3.55. The van der Waals surface area contributed by atoms with Crippen LogP contribution in [0.3, 0.4) is 0 Å². The van der Waals surface area contributed by atoms with Crippen molar-refractivity contribution in [1.29, 1.82) is 0 Å². The second-order valence-electron chi connectivity index (χ2n) is 6.36. The van der Waals surface area contributed by atoms with Crippen molar-refractivity contribution in [2.75, 3.05) is 14.2 Å².